The van der Waals surface area contributed by atoms with Gasteiger partial charge < -0.3 is 0 Å². The summed E-state index contributed by atoms with van der Waals surface area (Å²) in [7, 11) is 0. The molecule has 1 aromatic rings. The molecule has 3 heteroatoms. The van der Waals surface area contributed by atoms with E-state index in [0.29, 0.717) is 4.47 Å². The number of hydrogen-bond donors (Lipinski definition) is 0. The number of aryl methyl sites for hydroxylation is 1. The second-order valence-electron chi connectivity index (χ2n) is 2.28. The summed E-state index contributed by atoms with van der Waals surface area (Å²) < 4.78 is 24.7. The molecule has 0 aliphatic rings. The standard InChI is InChI=1S/C8H6BrF2/c1-5-2-6(8(10)11)4-7(9)3-5/h2-4H,1H3. The van der Waals surface area contributed by atoms with E-state index >= 15 is 0 Å². The van der Waals surface area contributed by atoms with Gasteiger partial charge in [-0.2, -0.15) is 8.78 Å². The third-order valence-electron chi connectivity index (χ3n) is 1.26. The zero-order valence-electron chi connectivity index (χ0n) is 5.87. The highest BCUT2D eigenvalue weighted by atomic mass is 79.9. The Kier molecular flexibility index (Phi) is 2.60. The third-order valence-corrected chi connectivity index (χ3v) is 1.72. The fourth-order valence-corrected chi connectivity index (χ4v) is 1.45. The third kappa shape index (κ3) is 2.26. The van der Waals surface area contributed by atoms with E-state index in [2.05, 4.69) is 15.9 Å². The zero-order chi connectivity index (χ0) is 8.43. The number of rotatable bonds is 1. The lowest BCUT2D eigenvalue weighted by Gasteiger charge is -2.00. The molecule has 59 valence electrons. The van der Waals surface area contributed by atoms with Gasteiger partial charge in [0.25, 0.3) is 0 Å². The van der Waals surface area contributed by atoms with Crippen LogP contribution in [-0.2, 0) is 0 Å². The molecule has 0 amide bonds. The highest BCUT2D eigenvalue weighted by molar-refractivity contribution is 9.10. The van der Waals surface area contributed by atoms with Gasteiger partial charge >= 0.3 is 6.43 Å². The Balaban J connectivity index is 3.08. The summed E-state index contributed by atoms with van der Waals surface area (Å²) in [6, 6.07) is 4.62. The molecule has 0 heterocycles. The van der Waals surface area contributed by atoms with Crippen LogP contribution in [0, 0.1) is 13.3 Å². The van der Waals surface area contributed by atoms with Crippen LogP contribution in [0.15, 0.2) is 22.7 Å². The monoisotopic (exact) mass is 219 g/mol. The Hall–Kier alpha value is -0.440. The lowest BCUT2D eigenvalue weighted by molar-refractivity contribution is 0.324. The van der Waals surface area contributed by atoms with Crippen molar-refractivity contribution in [1.29, 1.82) is 0 Å². The quantitative estimate of drug-likeness (QED) is 0.678. The van der Waals surface area contributed by atoms with Crippen molar-refractivity contribution in [2.24, 2.45) is 0 Å². The molecule has 11 heavy (non-hydrogen) atoms. The zero-order valence-corrected chi connectivity index (χ0v) is 7.45. The van der Waals surface area contributed by atoms with Crippen molar-refractivity contribution in [3.8, 4) is 0 Å². The van der Waals surface area contributed by atoms with E-state index in [1.807, 2.05) is 0 Å². The van der Waals surface area contributed by atoms with Crippen molar-refractivity contribution >= 4 is 15.9 Å². The molecule has 0 bridgehead atoms. The summed E-state index contributed by atoms with van der Waals surface area (Å²) in [5, 5.41) is 0. The second-order valence-corrected chi connectivity index (χ2v) is 3.19. The van der Waals surface area contributed by atoms with Crippen LogP contribution in [0.3, 0.4) is 0 Å². The normalized spacial score (nSPS) is 10.6. The molecule has 0 saturated heterocycles. The summed E-state index contributed by atoms with van der Waals surface area (Å²) in [6.07, 6.45) is -1.64. The molecule has 0 saturated carbocycles. The molecular weight excluding hydrogens is 214 g/mol. The van der Waals surface area contributed by atoms with Crippen LogP contribution >= 0.6 is 15.9 Å². The molecular formula is C8H6BrF2. The SMILES string of the molecule is Cc1cc(Br)cc([C](F)F)c1. The van der Waals surface area contributed by atoms with Crippen LogP contribution in [-0.4, -0.2) is 0 Å². The molecule has 0 fully saturated rings. The van der Waals surface area contributed by atoms with E-state index in [1.54, 1.807) is 13.0 Å². The maximum atomic E-state index is 12.0. The molecule has 0 aliphatic carbocycles. The highest BCUT2D eigenvalue weighted by Gasteiger charge is 2.09. The van der Waals surface area contributed by atoms with Gasteiger partial charge in [-0.25, -0.2) is 0 Å². The van der Waals surface area contributed by atoms with Crippen molar-refractivity contribution in [2.75, 3.05) is 0 Å². The Morgan fingerprint density at radius 1 is 1.27 bits per heavy atom. The maximum Gasteiger partial charge on any atom is 0.339 e. The van der Waals surface area contributed by atoms with Crippen LogP contribution in [0.5, 0.6) is 0 Å². The number of benzene rings is 1. The minimum atomic E-state index is -1.64. The fourth-order valence-electron chi connectivity index (χ4n) is 0.845. The minimum absolute atomic E-state index is 0.0168. The van der Waals surface area contributed by atoms with Crippen LogP contribution < -0.4 is 0 Å². The molecule has 0 N–H and O–H groups in total. The van der Waals surface area contributed by atoms with Gasteiger partial charge in [0.05, 0.1) is 0 Å². The lowest BCUT2D eigenvalue weighted by Crippen LogP contribution is -1.85. The van der Waals surface area contributed by atoms with Gasteiger partial charge in [0.15, 0.2) is 0 Å². The van der Waals surface area contributed by atoms with Gasteiger partial charge in [-0.1, -0.05) is 15.9 Å². The van der Waals surface area contributed by atoms with E-state index in [9.17, 15) is 8.78 Å². The van der Waals surface area contributed by atoms with Crippen molar-refractivity contribution < 1.29 is 8.78 Å². The van der Waals surface area contributed by atoms with Gasteiger partial charge in [-0.05, 0) is 30.7 Å². The molecule has 0 unspecified atom stereocenters. The second kappa shape index (κ2) is 3.30. The van der Waals surface area contributed by atoms with E-state index in [1.165, 1.54) is 12.1 Å². The van der Waals surface area contributed by atoms with Crippen LogP contribution in [0.4, 0.5) is 8.78 Å². The van der Waals surface area contributed by atoms with Crippen LogP contribution in [0.25, 0.3) is 0 Å². The van der Waals surface area contributed by atoms with Gasteiger partial charge in [-0.3, -0.25) is 0 Å². The largest absolute Gasteiger partial charge is 0.339 e. The number of hydrogen-bond acceptors (Lipinski definition) is 0. The first-order chi connectivity index (χ1) is 5.09. The molecule has 0 aliphatic heterocycles. The predicted molar refractivity (Wildman–Crippen MR) is 43.4 cm³/mol. The van der Waals surface area contributed by atoms with Crippen molar-refractivity contribution in [2.45, 2.75) is 6.92 Å². The van der Waals surface area contributed by atoms with E-state index < -0.39 is 6.43 Å². The predicted octanol–water partition coefficient (Wildman–Crippen LogP) is 3.53. The van der Waals surface area contributed by atoms with Crippen molar-refractivity contribution in [3.63, 3.8) is 0 Å². The maximum absolute atomic E-state index is 12.0. The molecule has 0 nitrogen and oxygen atoms in total. The summed E-state index contributed by atoms with van der Waals surface area (Å²) >= 11 is 3.13. The summed E-state index contributed by atoms with van der Waals surface area (Å²) in [5.41, 5.74) is 0.805. The Morgan fingerprint density at radius 3 is 2.36 bits per heavy atom. The Bertz CT molecular complexity index is 238. The molecule has 1 radical (unpaired) electrons. The smallest absolute Gasteiger partial charge is 0.194 e. The van der Waals surface area contributed by atoms with Crippen LogP contribution in [0.1, 0.15) is 11.1 Å². The van der Waals surface area contributed by atoms with Gasteiger partial charge in [0.1, 0.15) is 0 Å². The van der Waals surface area contributed by atoms with Crippen molar-refractivity contribution in [1.82, 2.24) is 0 Å². The van der Waals surface area contributed by atoms with Crippen molar-refractivity contribution in [3.05, 3.63) is 40.2 Å². The Morgan fingerprint density at radius 2 is 1.91 bits per heavy atom. The molecule has 0 aromatic heterocycles. The van der Waals surface area contributed by atoms with Gasteiger partial charge in [0, 0.05) is 10.0 Å². The highest BCUT2D eigenvalue weighted by Crippen LogP contribution is 2.22. The number of halogens is 3. The summed E-state index contributed by atoms with van der Waals surface area (Å²) in [5.74, 6) is 0. The van der Waals surface area contributed by atoms with Crippen LogP contribution in [0.2, 0.25) is 0 Å². The molecule has 1 rings (SSSR count). The lowest BCUT2D eigenvalue weighted by atomic mass is 10.1. The average Bonchev–Trinajstić information content (AvgIpc) is 1.85. The first-order valence-corrected chi connectivity index (χ1v) is 3.84. The average molecular weight is 220 g/mol. The minimum Gasteiger partial charge on any atom is -0.194 e. The Labute approximate surface area is 72.4 Å². The molecule has 0 atom stereocenters. The van der Waals surface area contributed by atoms with Gasteiger partial charge in [-0.15, -0.1) is 0 Å². The van der Waals surface area contributed by atoms with E-state index in [0.717, 1.165) is 5.56 Å². The molecule has 0 spiro atoms. The summed E-state index contributed by atoms with van der Waals surface area (Å²) in [4.78, 5) is 0. The summed E-state index contributed by atoms with van der Waals surface area (Å²) in [6.45, 7) is 1.78. The first-order valence-electron chi connectivity index (χ1n) is 3.05. The van der Waals surface area contributed by atoms with Gasteiger partial charge in [0.2, 0.25) is 0 Å². The van der Waals surface area contributed by atoms with E-state index in [-0.39, 0.29) is 5.56 Å². The topological polar surface area (TPSA) is 0 Å². The molecule has 1 aromatic carbocycles. The fraction of sp³-hybridized carbons (Fsp3) is 0.125. The van der Waals surface area contributed by atoms with E-state index in [4.69, 9.17) is 0 Å². The first kappa shape index (κ1) is 8.65.